The molecule has 0 fully saturated rings. The van der Waals surface area contributed by atoms with E-state index < -0.39 is 5.60 Å². The van der Waals surface area contributed by atoms with Crippen molar-refractivity contribution in [3.05, 3.63) is 59.2 Å². The van der Waals surface area contributed by atoms with Gasteiger partial charge in [0.2, 0.25) is 0 Å². The molecule has 110 valence electrons. The summed E-state index contributed by atoms with van der Waals surface area (Å²) in [6.07, 6.45) is 2.14. The lowest BCUT2D eigenvalue weighted by molar-refractivity contribution is 0.0200. The minimum absolute atomic E-state index is 0.583. The van der Waals surface area contributed by atoms with Gasteiger partial charge in [-0.3, -0.25) is 0 Å². The molecule has 2 aromatic rings. The second kappa shape index (κ2) is 5.41. The van der Waals surface area contributed by atoms with Gasteiger partial charge in [0.25, 0.3) is 0 Å². The molecular formula is C18H20O3. The third-order valence-corrected chi connectivity index (χ3v) is 4.31. The van der Waals surface area contributed by atoms with Crippen molar-refractivity contribution in [2.75, 3.05) is 14.2 Å². The average Bonchev–Trinajstić information content (AvgIpc) is 2.54. The van der Waals surface area contributed by atoms with Crippen LogP contribution in [0.2, 0.25) is 0 Å². The third-order valence-electron chi connectivity index (χ3n) is 4.31. The molecule has 0 saturated heterocycles. The van der Waals surface area contributed by atoms with Crippen molar-refractivity contribution in [2.24, 2.45) is 0 Å². The summed E-state index contributed by atoms with van der Waals surface area (Å²) in [7, 11) is 3.30. The molecule has 0 heterocycles. The first-order valence-corrected chi connectivity index (χ1v) is 7.18. The first-order valence-electron chi connectivity index (χ1n) is 7.18. The number of methoxy groups -OCH3 is 2. The Morgan fingerprint density at radius 3 is 2.57 bits per heavy atom. The number of hydrogen-bond donors (Lipinski definition) is 1. The maximum Gasteiger partial charge on any atom is 0.124 e. The predicted molar refractivity (Wildman–Crippen MR) is 81.9 cm³/mol. The SMILES string of the molecule is COc1ccc2c(c1)CC(O)(c1ccccc1OC)CC2. The van der Waals surface area contributed by atoms with Crippen LogP contribution in [0.15, 0.2) is 42.5 Å². The minimum atomic E-state index is -0.883. The summed E-state index contributed by atoms with van der Waals surface area (Å²) in [6.45, 7) is 0. The second-order valence-corrected chi connectivity index (χ2v) is 5.54. The molecule has 0 amide bonds. The van der Waals surface area contributed by atoms with Gasteiger partial charge in [-0.25, -0.2) is 0 Å². The molecule has 1 unspecified atom stereocenters. The number of ether oxygens (including phenoxy) is 2. The molecule has 0 radical (unpaired) electrons. The van der Waals surface area contributed by atoms with Gasteiger partial charge in [0.05, 0.1) is 19.8 Å². The fourth-order valence-electron chi connectivity index (χ4n) is 3.14. The van der Waals surface area contributed by atoms with Gasteiger partial charge in [0, 0.05) is 12.0 Å². The molecule has 1 N–H and O–H groups in total. The maximum atomic E-state index is 11.1. The molecule has 0 aliphatic heterocycles. The molecule has 0 saturated carbocycles. The fourth-order valence-corrected chi connectivity index (χ4v) is 3.14. The molecule has 3 rings (SSSR count). The monoisotopic (exact) mass is 284 g/mol. The van der Waals surface area contributed by atoms with Crippen LogP contribution in [0, 0.1) is 0 Å². The third kappa shape index (κ3) is 2.49. The molecule has 2 aromatic carbocycles. The van der Waals surface area contributed by atoms with Crippen molar-refractivity contribution < 1.29 is 14.6 Å². The van der Waals surface area contributed by atoms with E-state index in [0.29, 0.717) is 12.8 Å². The number of fused-ring (bicyclic) bond motifs is 1. The Balaban J connectivity index is 2.00. The molecule has 0 bridgehead atoms. The van der Waals surface area contributed by atoms with Crippen LogP contribution in [-0.2, 0) is 18.4 Å². The Kier molecular flexibility index (Phi) is 3.60. The van der Waals surface area contributed by atoms with Crippen LogP contribution in [0.1, 0.15) is 23.1 Å². The molecule has 3 nitrogen and oxygen atoms in total. The van der Waals surface area contributed by atoms with Gasteiger partial charge in [-0.2, -0.15) is 0 Å². The smallest absolute Gasteiger partial charge is 0.124 e. The summed E-state index contributed by atoms with van der Waals surface area (Å²) >= 11 is 0. The van der Waals surface area contributed by atoms with Gasteiger partial charge in [-0.05, 0) is 42.2 Å². The fraction of sp³-hybridized carbons (Fsp3) is 0.333. The van der Waals surface area contributed by atoms with Crippen LogP contribution in [0.3, 0.4) is 0 Å². The number of benzene rings is 2. The number of aliphatic hydroxyl groups is 1. The van der Waals surface area contributed by atoms with Gasteiger partial charge >= 0.3 is 0 Å². The largest absolute Gasteiger partial charge is 0.497 e. The number of rotatable bonds is 3. The van der Waals surface area contributed by atoms with Gasteiger partial charge < -0.3 is 14.6 Å². The van der Waals surface area contributed by atoms with Crippen molar-refractivity contribution in [3.63, 3.8) is 0 Å². The number of hydrogen-bond acceptors (Lipinski definition) is 3. The zero-order valence-electron chi connectivity index (χ0n) is 12.4. The summed E-state index contributed by atoms with van der Waals surface area (Å²) in [6, 6.07) is 13.8. The van der Waals surface area contributed by atoms with Gasteiger partial charge in [0.15, 0.2) is 0 Å². The molecule has 3 heteroatoms. The molecular weight excluding hydrogens is 264 g/mol. The van der Waals surface area contributed by atoms with E-state index >= 15 is 0 Å². The molecule has 0 spiro atoms. The normalized spacial score (nSPS) is 20.7. The summed E-state index contributed by atoms with van der Waals surface area (Å²) < 4.78 is 10.7. The van der Waals surface area contributed by atoms with E-state index in [4.69, 9.17) is 9.47 Å². The summed E-state index contributed by atoms with van der Waals surface area (Å²) in [5.74, 6) is 1.57. The summed E-state index contributed by atoms with van der Waals surface area (Å²) in [4.78, 5) is 0. The molecule has 21 heavy (non-hydrogen) atoms. The van der Waals surface area contributed by atoms with E-state index in [2.05, 4.69) is 6.07 Å². The first-order chi connectivity index (χ1) is 10.2. The molecule has 1 aliphatic carbocycles. The highest BCUT2D eigenvalue weighted by Gasteiger charge is 2.36. The number of aryl methyl sites for hydroxylation is 1. The van der Waals surface area contributed by atoms with E-state index in [-0.39, 0.29) is 0 Å². The van der Waals surface area contributed by atoms with Gasteiger partial charge in [-0.1, -0.05) is 24.3 Å². The molecule has 1 aliphatic rings. The molecule has 1 atom stereocenters. The first kappa shape index (κ1) is 14.0. The Morgan fingerprint density at radius 1 is 1.00 bits per heavy atom. The summed E-state index contributed by atoms with van der Waals surface area (Å²) in [5.41, 5.74) is 2.41. The van der Waals surface area contributed by atoms with Crippen LogP contribution in [-0.4, -0.2) is 19.3 Å². The van der Waals surface area contributed by atoms with Crippen molar-refractivity contribution in [1.29, 1.82) is 0 Å². The zero-order chi connectivity index (χ0) is 14.9. The van der Waals surface area contributed by atoms with Crippen LogP contribution < -0.4 is 9.47 Å². The maximum absolute atomic E-state index is 11.1. The van der Waals surface area contributed by atoms with Crippen LogP contribution in [0.5, 0.6) is 11.5 Å². The highest BCUT2D eigenvalue weighted by Crippen LogP contribution is 2.41. The van der Waals surface area contributed by atoms with Crippen molar-refractivity contribution in [2.45, 2.75) is 24.9 Å². The van der Waals surface area contributed by atoms with Crippen LogP contribution in [0.4, 0.5) is 0 Å². The van der Waals surface area contributed by atoms with Crippen molar-refractivity contribution >= 4 is 0 Å². The topological polar surface area (TPSA) is 38.7 Å². The van der Waals surface area contributed by atoms with Crippen LogP contribution >= 0.6 is 0 Å². The zero-order valence-corrected chi connectivity index (χ0v) is 12.4. The number of para-hydroxylation sites is 1. The minimum Gasteiger partial charge on any atom is -0.497 e. The van der Waals surface area contributed by atoms with E-state index in [1.807, 2.05) is 36.4 Å². The standard InChI is InChI=1S/C18H20O3/c1-20-15-8-7-13-9-10-18(19,12-14(13)11-15)16-5-3-4-6-17(16)21-2/h3-8,11,19H,9-10,12H2,1-2H3. The predicted octanol–water partition coefficient (Wildman–Crippen LogP) is 3.08. The van der Waals surface area contributed by atoms with Gasteiger partial charge in [-0.15, -0.1) is 0 Å². The highest BCUT2D eigenvalue weighted by atomic mass is 16.5. The van der Waals surface area contributed by atoms with E-state index in [9.17, 15) is 5.11 Å². The highest BCUT2D eigenvalue weighted by molar-refractivity contribution is 5.44. The summed E-state index contributed by atoms with van der Waals surface area (Å²) in [5, 5.41) is 11.1. The Labute approximate surface area is 125 Å². The molecule has 0 aromatic heterocycles. The lowest BCUT2D eigenvalue weighted by atomic mass is 9.76. The Hall–Kier alpha value is -2.00. The van der Waals surface area contributed by atoms with Crippen molar-refractivity contribution in [3.8, 4) is 11.5 Å². The van der Waals surface area contributed by atoms with Gasteiger partial charge in [0.1, 0.15) is 11.5 Å². The van der Waals surface area contributed by atoms with Crippen LogP contribution in [0.25, 0.3) is 0 Å². The average molecular weight is 284 g/mol. The Bertz CT molecular complexity index is 651. The van der Waals surface area contributed by atoms with E-state index in [0.717, 1.165) is 29.0 Å². The van der Waals surface area contributed by atoms with Crippen molar-refractivity contribution in [1.82, 2.24) is 0 Å². The second-order valence-electron chi connectivity index (χ2n) is 5.54. The van der Waals surface area contributed by atoms with E-state index in [1.165, 1.54) is 5.56 Å². The quantitative estimate of drug-likeness (QED) is 0.941. The Morgan fingerprint density at radius 2 is 1.81 bits per heavy atom. The van der Waals surface area contributed by atoms with E-state index in [1.54, 1.807) is 14.2 Å². The lowest BCUT2D eigenvalue weighted by Gasteiger charge is -2.35. The lowest BCUT2D eigenvalue weighted by Crippen LogP contribution is -2.33.